The fourth-order valence-electron chi connectivity index (χ4n) is 1.97. The third-order valence-corrected chi connectivity index (χ3v) is 3.08. The Morgan fingerprint density at radius 1 is 1.10 bits per heavy atom. The first-order chi connectivity index (χ1) is 9.87. The summed E-state index contributed by atoms with van der Waals surface area (Å²) in [5.74, 6) is 2.20. The Kier molecular flexibility index (Phi) is 6.71. The van der Waals surface area contributed by atoms with Crippen LogP contribution in [-0.2, 0) is 6.42 Å². The lowest BCUT2D eigenvalue weighted by atomic mass is 10.2. The molecule has 0 aromatic carbocycles. The molecule has 21 heavy (non-hydrogen) atoms. The second kappa shape index (κ2) is 8.05. The number of aromatic nitrogens is 2. The molecule has 0 fully saturated rings. The van der Waals surface area contributed by atoms with Crippen LogP contribution in [0.5, 0.6) is 0 Å². The third-order valence-electron chi connectivity index (χ3n) is 3.08. The van der Waals surface area contributed by atoms with E-state index in [1.165, 1.54) is 0 Å². The summed E-state index contributed by atoms with van der Waals surface area (Å²) in [7, 11) is 1.79. The smallest absolute Gasteiger partial charge is 0.373 e. The number of nitrogens with zero attached hydrogens (tertiary/aromatic N) is 2. The van der Waals surface area contributed by atoms with Crippen molar-refractivity contribution in [1.82, 2.24) is 9.97 Å². The van der Waals surface area contributed by atoms with Crippen molar-refractivity contribution in [3.05, 3.63) is 11.4 Å². The molecule has 4 nitrogen and oxygen atoms in total. The molecular formula is C14H23F3N4. The normalized spacial score (nSPS) is 11.5. The van der Waals surface area contributed by atoms with Gasteiger partial charge in [-0.25, -0.2) is 9.97 Å². The number of rotatable bonds is 8. The van der Waals surface area contributed by atoms with Crippen molar-refractivity contribution in [3.63, 3.8) is 0 Å². The Bertz CT molecular complexity index is 447. The molecule has 1 aromatic heterocycles. The highest BCUT2D eigenvalue weighted by molar-refractivity contribution is 5.56. The molecule has 1 rings (SSSR count). The van der Waals surface area contributed by atoms with E-state index >= 15 is 0 Å². The van der Waals surface area contributed by atoms with Crippen LogP contribution < -0.4 is 10.6 Å². The molecule has 1 aromatic rings. The zero-order valence-corrected chi connectivity index (χ0v) is 12.8. The lowest BCUT2D eigenvalue weighted by Gasteiger charge is -2.13. The van der Waals surface area contributed by atoms with Gasteiger partial charge >= 0.3 is 6.18 Å². The molecule has 0 amide bonds. The van der Waals surface area contributed by atoms with E-state index in [2.05, 4.69) is 20.6 Å². The average Bonchev–Trinajstić information content (AvgIpc) is 2.40. The molecule has 1 heterocycles. The number of alkyl halides is 3. The van der Waals surface area contributed by atoms with Crippen LogP contribution in [0.25, 0.3) is 0 Å². The summed E-state index contributed by atoms with van der Waals surface area (Å²) in [6.45, 7) is 4.41. The summed E-state index contributed by atoms with van der Waals surface area (Å²) < 4.78 is 36.2. The Labute approximate surface area is 123 Å². The van der Waals surface area contributed by atoms with Gasteiger partial charge in [-0.1, -0.05) is 6.92 Å². The zero-order chi connectivity index (χ0) is 15.9. The summed E-state index contributed by atoms with van der Waals surface area (Å²) in [5, 5.41) is 6.13. The first-order valence-corrected chi connectivity index (χ1v) is 7.23. The molecule has 0 saturated carbocycles. The van der Waals surface area contributed by atoms with Crippen LogP contribution in [0, 0.1) is 6.92 Å². The topological polar surface area (TPSA) is 49.8 Å². The van der Waals surface area contributed by atoms with Crippen LogP contribution in [0.15, 0.2) is 0 Å². The Morgan fingerprint density at radius 3 is 2.33 bits per heavy atom. The molecular weight excluding hydrogens is 281 g/mol. The van der Waals surface area contributed by atoms with E-state index < -0.39 is 12.6 Å². The SMILES string of the molecule is CCCc1nc(NC)c(C)c(NCCCCC(F)(F)F)n1. The largest absolute Gasteiger partial charge is 0.389 e. The molecule has 2 N–H and O–H groups in total. The molecule has 0 saturated heterocycles. The van der Waals surface area contributed by atoms with Gasteiger partial charge in [-0.05, 0) is 26.2 Å². The van der Waals surface area contributed by atoms with Gasteiger partial charge in [0.05, 0.1) is 0 Å². The van der Waals surface area contributed by atoms with Gasteiger partial charge < -0.3 is 10.6 Å². The number of unbranched alkanes of at least 4 members (excludes halogenated alkanes) is 1. The minimum Gasteiger partial charge on any atom is -0.373 e. The van der Waals surface area contributed by atoms with Crippen molar-refractivity contribution in [1.29, 1.82) is 0 Å². The maximum atomic E-state index is 12.1. The highest BCUT2D eigenvalue weighted by Crippen LogP contribution is 2.23. The van der Waals surface area contributed by atoms with E-state index in [0.717, 1.165) is 30.0 Å². The lowest BCUT2D eigenvalue weighted by molar-refractivity contribution is -0.135. The van der Waals surface area contributed by atoms with Crippen LogP contribution in [0.1, 0.15) is 44.0 Å². The van der Waals surface area contributed by atoms with Gasteiger partial charge in [0.15, 0.2) is 0 Å². The maximum Gasteiger partial charge on any atom is 0.389 e. The van der Waals surface area contributed by atoms with Crippen LogP contribution >= 0.6 is 0 Å². The molecule has 0 unspecified atom stereocenters. The predicted molar refractivity (Wildman–Crippen MR) is 78.7 cm³/mol. The fourth-order valence-corrected chi connectivity index (χ4v) is 1.97. The molecule has 0 bridgehead atoms. The molecule has 0 aliphatic rings. The number of hydrogen-bond acceptors (Lipinski definition) is 4. The van der Waals surface area contributed by atoms with Gasteiger partial charge in [0, 0.05) is 32.0 Å². The number of halogens is 3. The molecule has 120 valence electrons. The van der Waals surface area contributed by atoms with Gasteiger partial charge in [-0.2, -0.15) is 13.2 Å². The molecule has 0 spiro atoms. The average molecular weight is 304 g/mol. The summed E-state index contributed by atoms with van der Waals surface area (Å²) in [6.07, 6.45) is -2.50. The second-order valence-corrected chi connectivity index (χ2v) is 4.96. The van der Waals surface area contributed by atoms with E-state index in [4.69, 9.17) is 0 Å². The van der Waals surface area contributed by atoms with Crippen molar-refractivity contribution in [2.75, 3.05) is 24.2 Å². The van der Waals surface area contributed by atoms with E-state index in [-0.39, 0.29) is 6.42 Å². The first kappa shape index (κ1) is 17.5. The Morgan fingerprint density at radius 2 is 1.76 bits per heavy atom. The standard InChI is InChI=1S/C14H23F3N4/c1-4-7-11-20-12(18-3)10(2)13(21-11)19-9-6-5-8-14(15,16)17/h4-9H2,1-3H3,(H2,18,19,20,21). The maximum absolute atomic E-state index is 12.1. The molecule has 0 radical (unpaired) electrons. The van der Waals surface area contributed by atoms with Crippen LogP contribution in [0.4, 0.5) is 24.8 Å². The van der Waals surface area contributed by atoms with Crippen molar-refractivity contribution in [2.45, 2.75) is 52.1 Å². The molecule has 0 aliphatic carbocycles. The van der Waals surface area contributed by atoms with E-state index in [9.17, 15) is 13.2 Å². The van der Waals surface area contributed by atoms with Gasteiger partial charge in [0.25, 0.3) is 0 Å². The second-order valence-electron chi connectivity index (χ2n) is 4.96. The van der Waals surface area contributed by atoms with E-state index in [0.29, 0.717) is 18.8 Å². The Balaban J connectivity index is 2.59. The first-order valence-electron chi connectivity index (χ1n) is 7.23. The highest BCUT2D eigenvalue weighted by Gasteiger charge is 2.25. The van der Waals surface area contributed by atoms with Gasteiger partial charge in [-0.15, -0.1) is 0 Å². The Hall–Kier alpha value is -1.53. The number of hydrogen-bond donors (Lipinski definition) is 2. The zero-order valence-electron chi connectivity index (χ0n) is 12.8. The van der Waals surface area contributed by atoms with Gasteiger partial charge in [0.1, 0.15) is 17.5 Å². The van der Waals surface area contributed by atoms with Crippen LogP contribution in [0.3, 0.4) is 0 Å². The summed E-state index contributed by atoms with van der Waals surface area (Å²) in [4.78, 5) is 8.84. The van der Waals surface area contributed by atoms with Crippen molar-refractivity contribution < 1.29 is 13.2 Å². The number of aryl methyl sites for hydroxylation is 1. The van der Waals surface area contributed by atoms with E-state index in [1.807, 2.05) is 13.8 Å². The minimum atomic E-state index is -4.07. The van der Waals surface area contributed by atoms with E-state index in [1.54, 1.807) is 7.05 Å². The fraction of sp³-hybridized carbons (Fsp3) is 0.714. The summed E-state index contributed by atoms with van der Waals surface area (Å²) in [5.41, 5.74) is 0.883. The third kappa shape index (κ3) is 6.18. The number of nitrogens with one attached hydrogen (secondary N) is 2. The van der Waals surface area contributed by atoms with Crippen LogP contribution in [0.2, 0.25) is 0 Å². The number of anilines is 2. The lowest BCUT2D eigenvalue weighted by Crippen LogP contribution is -2.12. The monoisotopic (exact) mass is 304 g/mol. The predicted octanol–water partition coefficient (Wildman–Crippen LogP) is 3.92. The molecule has 7 heteroatoms. The highest BCUT2D eigenvalue weighted by atomic mass is 19.4. The molecule has 0 atom stereocenters. The van der Waals surface area contributed by atoms with Crippen molar-refractivity contribution >= 4 is 11.6 Å². The summed E-state index contributed by atoms with van der Waals surface area (Å²) in [6, 6.07) is 0. The van der Waals surface area contributed by atoms with Gasteiger partial charge in [0.2, 0.25) is 0 Å². The van der Waals surface area contributed by atoms with Crippen molar-refractivity contribution in [2.24, 2.45) is 0 Å². The molecule has 0 aliphatic heterocycles. The van der Waals surface area contributed by atoms with Crippen molar-refractivity contribution in [3.8, 4) is 0 Å². The quantitative estimate of drug-likeness (QED) is 0.715. The van der Waals surface area contributed by atoms with Gasteiger partial charge in [-0.3, -0.25) is 0 Å². The van der Waals surface area contributed by atoms with Crippen LogP contribution in [-0.4, -0.2) is 29.7 Å². The minimum absolute atomic E-state index is 0.126. The summed E-state index contributed by atoms with van der Waals surface area (Å²) >= 11 is 0.